The fourth-order valence-electron chi connectivity index (χ4n) is 2.98. The Balaban J connectivity index is 2.00. The van der Waals surface area contributed by atoms with Crippen LogP contribution in [0, 0.1) is 5.92 Å². The molecule has 1 aromatic heterocycles. The number of nitrogens with zero attached hydrogens (tertiary/aromatic N) is 1. The number of nitrogens with one attached hydrogen (secondary N) is 1. The van der Waals surface area contributed by atoms with Crippen molar-refractivity contribution in [1.29, 1.82) is 0 Å². The first-order valence-electron chi connectivity index (χ1n) is 7.76. The Morgan fingerprint density at radius 2 is 2.20 bits per heavy atom. The van der Waals surface area contributed by atoms with E-state index in [0.29, 0.717) is 6.04 Å². The summed E-state index contributed by atoms with van der Waals surface area (Å²) in [6.45, 7) is 5.33. The Labute approximate surface area is 130 Å². The number of hydrogen-bond acceptors (Lipinski definition) is 1. The second-order valence-corrected chi connectivity index (χ2v) is 6.94. The van der Waals surface area contributed by atoms with E-state index in [1.54, 1.807) is 0 Å². The highest BCUT2D eigenvalue weighted by Crippen LogP contribution is 2.23. The molecule has 112 valence electrons. The van der Waals surface area contributed by atoms with Gasteiger partial charge >= 0.3 is 0 Å². The van der Waals surface area contributed by atoms with E-state index < -0.39 is 0 Å². The van der Waals surface area contributed by atoms with Gasteiger partial charge in [-0.2, -0.15) is 0 Å². The van der Waals surface area contributed by atoms with Crippen molar-refractivity contribution in [2.45, 2.75) is 65.0 Å². The van der Waals surface area contributed by atoms with E-state index in [-0.39, 0.29) is 5.91 Å². The van der Waals surface area contributed by atoms with Crippen molar-refractivity contribution >= 4 is 21.8 Å². The van der Waals surface area contributed by atoms with Crippen LogP contribution in [0.25, 0.3) is 0 Å². The Hall–Kier alpha value is -0.770. The molecule has 0 radical (unpaired) electrons. The fourth-order valence-corrected chi connectivity index (χ4v) is 3.45. The SMILES string of the molecule is CCCn1cc(Br)cc1C(=O)NC1CCCC(C)CC1. The van der Waals surface area contributed by atoms with Gasteiger partial charge in [0, 0.05) is 23.3 Å². The number of rotatable bonds is 4. The summed E-state index contributed by atoms with van der Waals surface area (Å²) in [7, 11) is 0. The minimum atomic E-state index is 0.0729. The molecule has 20 heavy (non-hydrogen) atoms. The van der Waals surface area contributed by atoms with Gasteiger partial charge in [-0.3, -0.25) is 4.79 Å². The zero-order valence-corrected chi connectivity index (χ0v) is 14.1. The van der Waals surface area contributed by atoms with Crippen molar-refractivity contribution in [2.75, 3.05) is 0 Å². The second-order valence-electron chi connectivity index (χ2n) is 6.02. The molecule has 1 aliphatic rings. The van der Waals surface area contributed by atoms with Crippen LogP contribution in [-0.2, 0) is 6.54 Å². The molecule has 1 N–H and O–H groups in total. The van der Waals surface area contributed by atoms with Crippen LogP contribution in [0.3, 0.4) is 0 Å². The topological polar surface area (TPSA) is 34.0 Å². The minimum absolute atomic E-state index is 0.0729. The molecular formula is C16H25BrN2O. The number of aryl methyl sites for hydroxylation is 1. The summed E-state index contributed by atoms with van der Waals surface area (Å²) in [5.41, 5.74) is 0.774. The largest absolute Gasteiger partial charge is 0.348 e. The van der Waals surface area contributed by atoms with Crippen LogP contribution < -0.4 is 5.32 Å². The molecule has 0 bridgehead atoms. The highest BCUT2D eigenvalue weighted by molar-refractivity contribution is 9.10. The number of hydrogen-bond donors (Lipinski definition) is 1. The number of aromatic nitrogens is 1. The van der Waals surface area contributed by atoms with Gasteiger partial charge in [-0.15, -0.1) is 0 Å². The van der Waals surface area contributed by atoms with Crippen LogP contribution in [0.1, 0.15) is 62.9 Å². The highest BCUT2D eigenvalue weighted by Gasteiger charge is 2.20. The second kappa shape index (κ2) is 7.30. The van der Waals surface area contributed by atoms with Crippen molar-refractivity contribution in [2.24, 2.45) is 5.92 Å². The van der Waals surface area contributed by atoms with E-state index in [1.807, 2.05) is 16.8 Å². The normalized spacial score (nSPS) is 23.4. The maximum atomic E-state index is 12.5. The third kappa shape index (κ3) is 4.11. The van der Waals surface area contributed by atoms with Crippen LogP contribution in [-0.4, -0.2) is 16.5 Å². The Morgan fingerprint density at radius 3 is 2.95 bits per heavy atom. The lowest BCUT2D eigenvalue weighted by atomic mass is 10.0. The maximum absolute atomic E-state index is 12.5. The average molecular weight is 341 g/mol. The number of carbonyl (C=O) groups is 1. The zero-order valence-electron chi connectivity index (χ0n) is 12.5. The molecule has 3 nitrogen and oxygen atoms in total. The van der Waals surface area contributed by atoms with Crippen LogP contribution in [0.4, 0.5) is 0 Å². The molecule has 0 aliphatic heterocycles. The summed E-state index contributed by atoms with van der Waals surface area (Å²) in [5.74, 6) is 0.874. The van der Waals surface area contributed by atoms with E-state index in [9.17, 15) is 4.79 Å². The summed E-state index contributed by atoms with van der Waals surface area (Å²) in [6.07, 6.45) is 9.00. The lowest BCUT2D eigenvalue weighted by molar-refractivity contribution is 0.0923. The van der Waals surface area contributed by atoms with Gasteiger partial charge in [-0.25, -0.2) is 0 Å². The molecule has 1 aliphatic carbocycles. The number of amides is 1. The number of halogens is 1. The molecule has 0 aromatic carbocycles. The van der Waals surface area contributed by atoms with Gasteiger partial charge in [-0.1, -0.05) is 26.7 Å². The molecule has 1 amide bonds. The third-order valence-corrected chi connectivity index (χ3v) is 4.59. The molecular weight excluding hydrogens is 316 g/mol. The van der Waals surface area contributed by atoms with E-state index in [4.69, 9.17) is 0 Å². The first kappa shape index (κ1) is 15.6. The van der Waals surface area contributed by atoms with Crippen molar-refractivity contribution in [3.63, 3.8) is 0 Å². The summed E-state index contributed by atoms with van der Waals surface area (Å²) in [4.78, 5) is 12.5. The molecule has 2 rings (SSSR count). The van der Waals surface area contributed by atoms with Crippen molar-refractivity contribution in [1.82, 2.24) is 9.88 Å². The van der Waals surface area contributed by atoms with Gasteiger partial charge in [0.1, 0.15) is 5.69 Å². The van der Waals surface area contributed by atoms with E-state index in [0.717, 1.165) is 41.9 Å². The Morgan fingerprint density at radius 1 is 1.40 bits per heavy atom. The van der Waals surface area contributed by atoms with Gasteiger partial charge in [0.15, 0.2) is 0 Å². The quantitative estimate of drug-likeness (QED) is 0.811. The van der Waals surface area contributed by atoms with Gasteiger partial charge in [-0.05, 0) is 53.6 Å². The minimum Gasteiger partial charge on any atom is -0.348 e. The van der Waals surface area contributed by atoms with E-state index in [1.165, 1.54) is 19.3 Å². The smallest absolute Gasteiger partial charge is 0.268 e. The van der Waals surface area contributed by atoms with Crippen LogP contribution >= 0.6 is 15.9 Å². The summed E-state index contributed by atoms with van der Waals surface area (Å²) >= 11 is 3.47. The highest BCUT2D eigenvalue weighted by atomic mass is 79.9. The number of carbonyl (C=O) groups excluding carboxylic acids is 1. The Kier molecular flexibility index (Phi) is 5.70. The monoisotopic (exact) mass is 340 g/mol. The van der Waals surface area contributed by atoms with Gasteiger partial charge in [0.2, 0.25) is 0 Å². The van der Waals surface area contributed by atoms with E-state index in [2.05, 4.69) is 35.1 Å². The van der Waals surface area contributed by atoms with Crippen molar-refractivity contribution in [3.05, 3.63) is 22.4 Å². The van der Waals surface area contributed by atoms with Crippen molar-refractivity contribution < 1.29 is 4.79 Å². The maximum Gasteiger partial charge on any atom is 0.268 e. The first-order valence-corrected chi connectivity index (χ1v) is 8.56. The Bertz CT molecular complexity index is 455. The van der Waals surface area contributed by atoms with Gasteiger partial charge < -0.3 is 9.88 Å². The van der Waals surface area contributed by atoms with Crippen LogP contribution in [0.15, 0.2) is 16.7 Å². The molecule has 2 unspecified atom stereocenters. The molecule has 1 aromatic rings. The molecule has 1 fully saturated rings. The molecule has 2 atom stereocenters. The van der Waals surface area contributed by atoms with Crippen LogP contribution in [0.2, 0.25) is 0 Å². The summed E-state index contributed by atoms with van der Waals surface area (Å²) < 4.78 is 3.02. The first-order chi connectivity index (χ1) is 9.60. The van der Waals surface area contributed by atoms with Gasteiger partial charge in [0.25, 0.3) is 5.91 Å². The lowest BCUT2D eigenvalue weighted by Crippen LogP contribution is -2.35. The van der Waals surface area contributed by atoms with Gasteiger partial charge in [0.05, 0.1) is 0 Å². The molecule has 4 heteroatoms. The van der Waals surface area contributed by atoms with E-state index >= 15 is 0 Å². The van der Waals surface area contributed by atoms with Crippen molar-refractivity contribution in [3.8, 4) is 0 Å². The average Bonchev–Trinajstić information content (AvgIpc) is 2.64. The third-order valence-electron chi connectivity index (χ3n) is 4.15. The summed E-state index contributed by atoms with van der Waals surface area (Å²) in [6, 6.07) is 2.26. The molecule has 0 spiro atoms. The molecule has 0 saturated heterocycles. The molecule has 1 heterocycles. The summed E-state index contributed by atoms with van der Waals surface area (Å²) in [5, 5.41) is 3.23. The zero-order chi connectivity index (χ0) is 14.5. The standard InChI is InChI=1S/C16H25BrN2O/c1-3-9-19-11-13(17)10-15(19)16(20)18-14-6-4-5-12(2)7-8-14/h10-12,14H,3-9H2,1-2H3,(H,18,20). The predicted octanol–water partition coefficient (Wildman–Crippen LogP) is 4.36. The lowest BCUT2D eigenvalue weighted by Gasteiger charge is -2.17. The molecule has 1 saturated carbocycles. The predicted molar refractivity (Wildman–Crippen MR) is 85.9 cm³/mol. The fraction of sp³-hybridized carbons (Fsp3) is 0.688. The van der Waals surface area contributed by atoms with Crippen LogP contribution in [0.5, 0.6) is 0 Å².